The average molecular weight is 388 g/mol. The Labute approximate surface area is 164 Å². The van der Waals surface area contributed by atoms with E-state index in [2.05, 4.69) is 0 Å². The second-order valence-electron chi connectivity index (χ2n) is 5.51. The Bertz CT molecular complexity index is 1090. The molecule has 1 aromatic heterocycles. The van der Waals surface area contributed by atoms with Gasteiger partial charge in [0.2, 0.25) is 5.78 Å². The van der Waals surface area contributed by atoms with Gasteiger partial charge in [-0.3, -0.25) is 4.79 Å². The smallest absolute Gasteiger partial charge is 0.338 e. The van der Waals surface area contributed by atoms with E-state index in [0.29, 0.717) is 10.6 Å². The van der Waals surface area contributed by atoms with Crippen molar-refractivity contribution in [2.24, 2.45) is 0 Å². The monoisotopic (exact) mass is 388 g/mol. The predicted molar refractivity (Wildman–Crippen MR) is 101 cm³/mol. The first kappa shape index (κ1) is 18.8. The van der Waals surface area contributed by atoms with Gasteiger partial charge in [-0.05, 0) is 47.8 Å². The average Bonchev–Trinajstić information content (AvgIpc) is 3.27. The van der Waals surface area contributed by atoms with Crippen molar-refractivity contribution in [2.45, 2.75) is 0 Å². The van der Waals surface area contributed by atoms with Crippen LogP contribution in [0.1, 0.15) is 31.2 Å². The van der Waals surface area contributed by atoms with Crippen molar-refractivity contribution in [1.29, 1.82) is 10.5 Å². The molecule has 0 aliphatic heterocycles. The Kier molecular flexibility index (Phi) is 5.81. The molecule has 0 atom stereocenters. The number of esters is 1. The van der Waals surface area contributed by atoms with Crippen molar-refractivity contribution in [3.8, 4) is 23.6 Å². The van der Waals surface area contributed by atoms with Gasteiger partial charge in [0, 0.05) is 0 Å². The van der Waals surface area contributed by atoms with Gasteiger partial charge in [-0.25, -0.2) is 4.79 Å². The fourth-order valence-electron chi connectivity index (χ4n) is 2.33. The zero-order valence-electron chi connectivity index (χ0n) is 14.4. The van der Waals surface area contributed by atoms with Crippen LogP contribution in [-0.2, 0) is 4.74 Å². The molecule has 6 nitrogen and oxygen atoms in total. The van der Waals surface area contributed by atoms with E-state index in [1.165, 1.54) is 41.7 Å². The summed E-state index contributed by atoms with van der Waals surface area (Å²) in [4.78, 5) is 24.5. The molecular formula is C21H12N2O4S. The molecule has 3 rings (SSSR count). The maximum atomic E-state index is 12.1. The first-order valence-corrected chi connectivity index (χ1v) is 8.95. The highest BCUT2D eigenvalue weighted by molar-refractivity contribution is 7.12. The Balaban J connectivity index is 1.65. The Morgan fingerprint density at radius 2 is 1.75 bits per heavy atom. The second-order valence-corrected chi connectivity index (χ2v) is 6.45. The number of hydrogen-bond acceptors (Lipinski definition) is 7. The zero-order valence-corrected chi connectivity index (χ0v) is 15.2. The number of hydrogen-bond donors (Lipinski definition) is 0. The van der Waals surface area contributed by atoms with Crippen LogP contribution in [0.25, 0.3) is 0 Å². The molecule has 0 radical (unpaired) electrons. The molecule has 0 spiro atoms. The SMILES string of the molecule is N#Cc1cccc(Oc2ccc(C(=O)OCC(=O)c3cccs3)cc2)c1C#N. The van der Waals surface area contributed by atoms with Gasteiger partial charge in [-0.1, -0.05) is 12.1 Å². The third-order valence-corrected chi connectivity index (χ3v) is 4.62. The minimum absolute atomic E-state index is 0.139. The number of thiophene rings is 1. The van der Waals surface area contributed by atoms with E-state index < -0.39 is 5.97 Å². The zero-order chi connectivity index (χ0) is 19.9. The van der Waals surface area contributed by atoms with Gasteiger partial charge < -0.3 is 9.47 Å². The first-order chi connectivity index (χ1) is 13.6. The van der Waals surface area contributed by atoms with Gasteiger partial charge in [-0.15, -0.1) is 11.3 Å². The highest BCUT2D eigenvalue weighted by atomic mass is 32.1. The molecule has 28 heavy (non-hydrogen) atoms. The van der Waals surface area contributed by atoms with Crippen molar-refractivity contribution in [2.75, 3.05) is 6.61 Å². The maximum absolute atomic E-state index is 12.1. The molecule has 0 saturated heterocycles. The molecule has 0 amide bonds. The van der Waals surface area contributed by atoms with Gasteiger partial charge in [-0.2, -0.15) is 10.5 Å². The lowest BCUT2D eigenvalue weighted by molar-refractivity contribution is 0.0476. The molecule has 136 valence electrons. The summed E-state index contributed by atoms with van der Waals surface area (Å²) in [5.41, 5.74) is 0.619. The van der Waals surface area contributed by atoms with E-state index in [4.69, 9.17) is 14.7 Å². The van der Waals surface area contributed by atoms with Gasteiger partial charge in [0.15, 0.2) is 6.61 Å². The summed E-state index contributed by atoms with van der Waals surface area (Å²) >= 11 is 1.29. The maximum Gasteiger partial charge on any atom is 0.338 e. The molecular weight excluding hydrogens is 376 g/mol. The molecule has 1 heterocycles. The van der Waals surface area contributed by atoms with Crippen LogP contribution < -0.4 is 4.74 Å². The van der Waals surface area contributed by atoms with Crippen LogP contribution in [0.4, 0.5) is 0 Å². The molecule has 0 aliphatic rings. The van der Waals surface area contributed by atoms with Gasteiger partial charge in [0.25, 0.3) is 0 Å². The number of ether oxygens (including phenoxy) is 2. The van der Waals surface area contributed by atoms with Crippen LogP contribution in [0.5, 0.6) is 11.5 Å². The fraction of sp³-hybridized carbons (Fsp3) is 0.0476. The van der Waals surface area contributed by atoms with Gasteiger partial charge >= 0.3 is 5.97 Å². The van der Waals surface area contributed by atoms with Crippen molar-refractivity contribution >= 4 is 23.1 Å². The molecule has 0 fully saturated rings. The van der Waals surface area contributed by atoms with Crippen molar-refractivity contribution in [3.05, 3.63) is 81.5 Å². The third kappa shape index (κ3) is 4.24. The van der Waals surface area contributed by atoms with E-state index >= 15 is 0 Å². The molecule has 0 saturated carbocycles. The highest BCUT2D eigenvalue weighted by Crippen LogP contribution is 2.27. The molecule has 0 N–H and O–H groups in total. The minimum atomic E-state index is -0.624. The molecule has 0 aliphatic carbocycles. The minimum Gasteiger partial charge on any atom is -0.456 e. The van der Waals surface area contributed by atoms with E-state index in [-0.39, 0.29) is 34.8 Å². The lowest BCUT2D eigenvalue weighted by atomic mass is 10.1. The summed E-state index contributed by atoms with van der Waals surface area (Å²) in [6.07, 6.45) is 0. The molecule has 7 heteroatoms. The second kappa shape index (κ2) is 8.63. The Hall–Kier alpha value is -3.94. The number of ketones is 1. The van der Waals surface area contributed by atoms with Crippen LogP contribution in [0.3, 0.4) is 0 Å². The van der Waals surface area contributed by atoms with Crippen molar-refractivity contribution in [1.82, 2.24) is 0 Å². The number of carbonyl (C=O) groups excluding carboxylic acids is 2. The quantitative estimate of drug-likeness (QED) is 0.460. The number of carbonyl (C=O) groups is 2. The summed E-state index contributed by atoms with van der Waals surface area (Å²) in [6, 6.07) is 18.1. The van der Waals surface area contributed by atoms with Crippen molar-refractivity contribution in [3.63, 3.8) is 0 Å². The number of rotatable bonds is 6. The van der Waals surface area contributed by atoms with Gasteiger partial charge in [0.05, 0.1) is 16.0 Å². The summed E-state index contributed by atoms with van der Waals surface area (Å²) < 4.78 is 10.7. The van der Waals surface area contributed by atoms with Crippen LogP contribution >= 0.6 is 11.3 Å². The van der Waals surface area contributed by atoms with Crippen LogP contribution in [0, 0.1) is 22.7 Å². The van der Waals surface area contributed by atoms with E-state index in [1.807, 2.05) is 12.1 Å². The topological polar surface area (TPSA) is 100 Å². The summed E-state index contributed by atoms with van der Waals surface area (Å²) in [5, 5.41) is 20.1. The summed E-state index contributed by atoms with van der Waals surface area (Å²) in [6.45, 7) is -0.329. The number of nitrogens with zero attached hydrogens (tertiary/aromatic N) is 2. The van der Waals surface area contributed by atoms with Crippen LogP contribution in [0.2, 0.25) is 0 Å². The van der Waals surface area contributed by atoms with Crippen LogP contribution in [-0.4, -0.2) is 18.4 Å². The largest absolute Gasteiger partial charge is 0.456 e. The normalized spacial score (nSPS) is 9.79. The standard InChI is InChI=1S/C21H12N2O4S/c22-11-15-3-1-4-19(17(15)12-23)27-16-8-6-14(7-9-16)21(25)26-13-18(24)20-5-2-10-28-20/h1-10H,13H2. The Morgan fingerprint density at radius 3 is 2.39 bits per heavy atom. The van der Waals surface area contributed by atoms with Gasteiger partial charge in [0.1, 0.15) is 29.2 Å². The first-order valence-electron chi connectivity index (χ1n) is 8.07. The number of benzene rings is 2. The molecule has 0 unspecified atom stereocenters. The fourth-order valence-corrected chi connectivity index (χ4v) is 2.98. The number of nitriles is 2. The van der Waals surface area contributed by atoms with Crippen LogP contribution in [0.15, 0.2) is 60.0 Å². The lowest BCUT2D eigenvalue weighted by Gasteiger charge is -2.09. The predicted octanol–water partition coefficient (Wildman–Crippen LogP) is 4.32. The summed E-state index contributed by atoms with van der Waals surface area (Å²) in [7, 11) is 0. The number of Topliss-reactive ketones (excluding diaryl/α,β-unsaturated/α-hetero) is 1. The summed E-state index contributed by atoms with van der Waals surface area (Å²) in [5.74, 6) is -0.249. The molecule has 3 aromatic rings. The van der Waals surface area contributed by atoms with E-state index in [0.717, 1.165) is 0 Å². The van der Waals surface area contributed by atoms with Crippen molar-refractivity contribution < 1.29 is 19.1 Å². The third-order valence-electron chi connectivity index (χ3n) is 3.71. The lowest BCUT2D eigenvalue weighted by Crippen LogP contribution is -2.13. The van der Waals surface area contributed by atoms with E-state index in [1.54, 1.807) is 29.6 Å². The Morgan fingerprint density at radius 1 is 0.964 bits per heavy atom. The molecule has 2 aromatic carbocycles. The van der Waals surface area contributed by atoms with E-state index in [9.17, 15) is 14.9 Å². The highest BCUT2D eigenvalue weighted by Gasteiger charge is 2.14. The molecule has 0 bridgehead atoms.